The fourth-order valence-electron chi connectivity index (χ4n) is 2.18. The summed E-state index contributed by atoms with van der Waals surface area (Å²) in [6.07, 6.45) is 1.47. The van der Waals surface area contributed by atoms with Crippen LogP contribution >= 0.6 is 43.6 Å². The third kappa shape index (κ3) is 4.28. The van der Waals surface area contributed by atoms with Crippen LogP contribution in [0.25, 0.3) is 6.08 Å². The van der Waals surface area contributed by atoms with E-state index in [1.165, 1.54) is 6.08 Å². The molecule has 0 spiro atoms. The molecule has 3 rings (SSSR count). The predicted octanol–water partition coefficient (Wildman–Crippen LogP) is 4.79. The maximum absolute atomic E-state index is 12.4. The number of nitrogens with one attached hydrogen (secondary N) is 1. The molecule has 1 saturated heterocycles. The lowest BCUT2D eigenvalue weighted by Gasteiger charge is -2.12. The van der Waals surface area contributed by atoms with E-state index in [4.69, 9.17) is 4.42 Å². The molecule has 1 fully saturated rings. The number of thioether (sulfide) groups is 1. The molecule has 0 bridgehead atoms. The quantitative estimate of drug-likeness (QED) is 0.612. The number of amides is 3. The fourth-order valence-corrected chi connectivity index (χ4v) is 3.61. The molecule has 26 heavy (non-hydrogen) atoms. The standard InChI is InChI=1S/C17H12Br2N2O4S/c1-9-2-4-10(5-3-9)20-14(22)8-21-16(23)13(26-17(21)24)7-11-6-12(18)15(19)25-11/h2-7H,8H2,1H3,(H,20,22)/b13-7-. The Morgan fingerprint density at radius 2 is 1.96 bits per heavy atom. The molecule has 0 unspecified atom stereocenters. The number of carbonyl (C=O) groups excluding carboxylic acids is 3. The number of rotatable bonds is 4. The molecule has 1 aliphatic rings. The highest BCUT2D eigenvalue weighted by molar-refractivity contribution is 9.13. The Morgan fingerprint density at radius 1 is 1.27 bits per heavy atom. The number of furan rings is 1. The number of hydrogen-bond acceptors (Lipinski definition) is 5. The molecule has 6 nitrogen and oxygen atoms in total. The summed E-state index contributed by atoms with van der Waals surface area (Å²) in [6.45, 7) is 1.59. The van der Waals surface area contributed by atoms with E-state index in [9.17, 15) is 14.4 Å². The first kappa shape index (κ1) is 18.9. The van der Waals surface area contributed by atoms with Crippen LogP contribution in [0.4, 0.5) is 10.5 Å². The molecule has 1 aromatic carbocycles. The molecular formula is C17H12Br2N2O4S. The van der Waals surface area contributed by atoms with Crippen LogP contribution in [0.5, 0.6) is 0 Å². The first-order chi connectivity index (χ1) is 12.3. The van der Waals surface area contributed by atoms with Crippen molar-refractivity contribution in [1.82, 2.24) is 4.90 Å². The number of nitrogens with zero attached hydrogens (tertiary/aromatic N) is 1. The zero-order valence-corrected chi connectivity index (χ0v) is 17.4. The molecule has 1 aliphatic heterocycles. The Labute approximate surface area is 170 Å². The summed E-state index contributed by atoms with van der Waals surface area (Å²) < 4.78 is 6.56. The smallest absolute Gasteiger partial charge is 0.294 e. The summed E-state index contributed by atoms with van der Waals surface area (Å²) >= 11 is 7.26. The van der Waals surface area contributed by atoms with Crippen LogP contribution in [0.1, 0.15) is 11.3 Å². The second kappa shape index (κ2) is 7.81. The van der Waals surface area contributed by atoms with Crippen molar-refractivity contribution in [2.75, 3.05) is 11.9 Å². The molecule has 134 valence electrons. The Hall–Kier alpha value is -1.84. The van der Waals surface area contributed by atoms with Crippen molar-refractivity contribution in [3.05, 3.63) is 55.7 Å². The molecule has 0 atom stereocenters. The number of carbonyl (C=O) groups is 3. The van der Waals surface area contributed by atoms with Gasteiger partial charge in [0.15, 0.2) is 4.67 Å². The van der Waals surface area contributed by atoms with E-state index in [1.807, 2.05) is 19.1 Å². The third-order valence-electron chi connectivity index (χ3n) is 3.45. The van der Waals surface area contributed by atoms with Crippen LogP contribution in [-0.2, 0) is 9.59 Å². The minimum absolute atomic E-state index is 0.201. The Morgan fingerprint density at radius 3 is 2.58 bits per heavy atom. The zero-order valence-electron chi connectivity index (χ0n) is 13.4. The summed E-state index contributed by atoms with van der Waals surface area (Å²) in [4.78, 5) is 37.8. The molecule has 2 heterocycles. The van der Waals surface area contributed by atoms with Gasteiger partial charge in [-0.2, -0.15) is 0 Å². The zero-order chi connectivity index (χ0) is 18.8. The topological polar surface area (TPSA) is 79.6 Å². The van der Waals surface area contributed by atoms with Gasteiger partial charge in [0.05, 0.1) is 9.38 Å². The summed E-state index contributed by atoms with van der Waals surface area (Å²) in [5.74, 6) is -0.554. The Balaban J connectivity index is 1.68. The maximum atomic E-state index is 12.4. The van der Waals surface area contributed by atoms with E-state index in [0.717, 1.165) is 22.2 Å². The molecule has 1 aromatic heterocycles. The van der Waals surface area contributed by atoms with E-state index in [-0.39, 0.29) is 11.4 Å². The van der Waals surface area contributed by atoms with Gasteiger partial charge in [-0.1, -0.05) is 17.7 Å². The summed E-state index contributed by atoms with van der Waals surface area (Å²) in [7, 11) is 0. The van der Waals surface area contributed by atoms with E-state index < -0.39 is 17.1 Å². The average molecular weight is 500 g/mol. The fraction of sp³-hybridized carbons (Fsp3) is 0.118. The van der Waals surface area contributed by atoms with Gasteiger partial charge in [0.2, 0.25) is 5.91 Å². The number of hydrogen-bond donors (Lipinski definition) is 1. The molecule has 3 amide bonds. The van der Waals surface area contributed by atoms with E-state index in [0.29, 0.717) is 20.6 Å². The van der Waals surface area contributed by atoms with Gasteiger partial charge in [-0.05, 0) is 68.7 Å². The highest BCUT2D eigenvalue weighted by Gasteiger charge is 2.36. The van der Waals surface area contributed by atoms with Crippen molar-refractivity contribution in [3.8, 4) is 0 Å². The van der Waals surface area contributed by atoms with Gasteiger partial charge in [-0.25, -0.2) is 0 Å². The molecule has 0 radical (unpaired) electrons. The normalized spacial score (nSPS) is 15.8. The van der Waals surface area contributed by atoms with Crippen LogP contribution in [-0.4, -0.2) is 28.5 Å². The number of imide groups is 1. The van der Waals surface area contributed by atoms with Crippen LogP contribution in [0.15, 0.2) is 48.8 Å². The summed E-state index contributed by atoms with van der Waals surface area (Å²) in [5.41, 5.74) is 1.67. The Kier molecular flexibility index (Phi) is 5.69. The van der Waals surface area contributed by atoms with E-state index in [2.05, 4.69) is 37.2 Å². The number of benzene rings is 1. The monoisotopic (exact) mass is 498 g/mol. The lowest BCUT2D eigenvalue weighted by Crippen LogP contribution is -2.36. The first-order valence-corrected chi connectivity index (χ1v) is 9.80. The van der Waals surface area contributed by atoms with Gasteiger partial charge < -0.3 is 9.73 Å². The molecule has 2 aromatic rings. The minimum Gasteiger partial charge on any atom is -0.449 e. The van der Waals surface area contributed by atoms with Crippen LogP contribution in [0.3, 0.4) is 0 Å². The summed E-state index contributed by atoms with van der Waals surface area (Å²) in [5, 5.41) is 2.17. The molecular weight excluding hydrogens is 488 g/mol. The molecule has 0 aliphatic carbocycles. The van der Waals surface area contributed by atoms with Crippen molar-refractivity contribution in [2.45, 2.75) is 6.92 Å². The van der Waals surface area contributed by atoms with Crippen LogP contribution in [0.2, 0.25) is 0 Å². The maximum Gasteiger partial charge on any atom is 0.294 e. The van der Waals surface area contributed by atoms with Crippen molar-refractivity contribution >= 4 is 72.4 Å². The second-order valence-corrected chi connectivity index (χ2v) is 8.02. The van der Waals surface area contributed by atoms with Gasteiger partial charge in [0.1, 0.15) is 12.3 Å². The highest BCUT2D eigenvalue weighted by atomic mass is 79.9. The van der Waals surface area contributed by atoms with Gasteiger partial charge in [-0.15, -0.1) is 0 Å². The van der Waals surface area contributed by atoms with Gasteiger partial charge in [0, 0.05) is 11.8 Å². The van der Waals surface area contributed by atoms with Crippen molar-refractivity contribution in [3.63, 3.8) is 0 Å². The lowest BCUT2D eigenvalue weighted by molar-refractivity contribution is -0.127. The van der Waals surface area contributed by atoms with Crippen molar-refractivity contribution in [2.24, 2.45) is 0 Å². The largest absolute Gasteiger partial charge is 0.449 e. The van der Waals surface area contributed by atoms with Crippen molar-refractivity contribution < 1.29 is 18.8 Å². The lowest BCUT2D eigenvalue weighted by atomic mass is 10.2. The molecule has 0 saturated carbocycles. The minimum atomic E-state index is -0.525. The predicted molar refractivity (Wildman–Crippen MR) is 107 cm³/mol. The van der Waals surface area contributed by atoms with Gasteiger partial charge >= 0.3 is 0 Å². The number of aryl methyl sites for hydroxylation is 1. The second-order valence-electron chi connectivity index (χ2n) is 5.45. The van der Waals surface area contributed by atoms with Crippen molar-refractivity contribution in [1.29, 1.82) is 0 Å². The van der Waals surface area contributed by atoms with Gasteiger partial charge in [0.25, 0.3) is 11.1 Å². The van der Waals surface area contributed by atoms with Gasteiger partial charge in [-0.3, -0.25) is 19.3 Å². The summed E-state index contributed by atoms with van der Waals surface area (Å²) in [6, 6.07) is 8.90. The third-order valence-corrected chi connectivity index (χ3v) is 6.07. The Bertz CT molecular complexity index is 902. The van der Waals surface area contributed by atoms with E-state index >= 15 is 0 Å². The molecule has 1 N–H and O–H groups in total. The number of halogens is 2. The van der Waals surface area contributed by atoms with E-state index in [1.54, 1.807) is 18.2 Å². The number of anilines is 1. The molecule has 9 heteroatoms. The van der Waals surface area contributed by atoms with Crippen LogP contribution < -0.4 is 5.32 Å². The highest BCUT2D eigenvalue weighted by Crippen LogP contribution is 2.34. The average Bonchev–Trinajstić information content (AvgIpc) is 3.03. The SMILES string of the molecule is Cc1ccc(NC(=O)CN2C(=O)S/C(=C\c3cc(Br)c(Br)o3)C2=O)cc1. The van der Waals surface area contributed by atoms with Crippen LogP contribution in [0, 0.1) is 6.92 Å². The first-order valence-electron chi connectivity index (χ1n) is 7.40.